The van der Waals surface area contributed by atoms with Crippen molar-refractivity contribution in [2.75, 3.05) is 11.6 Å². The van der Waals surface area contributed by atoms with Gasteiger partial charge in [0.15, 0.2) is 0 Å². The SMILES string of the molecule is CSC(=O)Nc1ccc(Oc2ccccc2)c(Cl)c1. The molecule has 5 heteroatoms. The molecule has 0 aromatic heterocycles. The van der Waals surface area contributed by atoms with Crippen LogP contribution in [0.15, 0.2) is 48.5 Å². The summed E-state index contributed by atoms with van der Waals surface area (Å²) in [6.07, 6.45) is 1.71. The van der Waals surface area contributed by atoms with E-state index in [9.17, 15) is 4.79 Å². The van der Waals surface area contributed by atoms with Crippen molar-refractivity contribution in [3.63, 3.8) is 0 Å². The smallest absolute Gasteiger partial charge is 0.283 e. The van der Waals surface area contributed by atoms with Gasteiger partial charge in [0.1, 0.15) is 11.5 Å². The Balaban J connectivity index is 2.13. The molecular weight excluding hydrogens is 282 g/mol. The first kappa shape index (κ1) is 13.8. The average Bonchev–Trinajstić information content (AvgIpc) is 2.43. The van der Waals surface area contributed by atoms with Crippen molar-refractivity contribution in [3.8, 4) is 11.5 Å². The zero-order valence-electron chi connectivity index (χ0n) is 10.2. The molecule has 0 fully saturated rings. The molecule has 0 bridgehead atoms. The maximum absolute atomic E-state index is 11.2. The van der Waals surface area contributed by atoms with Crippen LogP contribution in [0.2, 0.25) is 5.02 Å². The molecule has 0 unspecified atom stereocenters. The third-order valence-corrected chi connectivity index (χ3v) is 3.10. The second-order valence-corrected chi connectivity index (χ2v) is 4.86. The first-order valence-corrected chi connectivity index (χ1v) is 7.17. The number of rotatable bonds is 3. The fourth-order valence-electron chi connectivity index (χ4n) is 1.45. The molecule has 2 aromatic carbocycles. The van der Waals surface area contributed by atoms with Crippen LogP contribution in [-0.4, -0.2) is 11.5 Å². The Labute approximate surface area is 120 Å². The normalized spacial score (nSPS) is 10.0. The van der Waals surface area contributed by atoms with E-state index in [0.29, 0.717) is 22.2 Å². The van der Waals surface area contributed by atoms with Gasteiger partial charge in [-0.25, -0.2) is 0 Å². The van der Waals surface area contributed by atoms with Crippen molar-refractivity contribution in [1.82, 2.24) is 0 Å². The Kier molecular flexibility index (Phi) is 4.71. The molecule has 0 saturated carbocycles. The van der Waals surface area contributed by atoms with Crippen molar-refractivity contribution in [3.05, 3.63) is 53.6 Å². The second-order valence-electron chi connectivity index (χ2n) is 3.68. The van der Waals surface area contributed by atoms with Gasteiger partial charge in [-0.1, -0.05) is 41.6 Å². The quantitative estimate of drug-likeness (QED) is 0.863. The van der Waals surface area contributed by atoms with Gasteiger partial charge in [0.2, 0.25) is 0 Å². The van der Waals surface area contributed by atoms with E-state index in [1.54, 1.807) is 24.5 Å². The van der Waals surface area contributed by atoms with E-state index < -0.39 is 0 Å². The summed E-state index contributed by atoms with van der Waals surface area (Å²) in [6.45, 7) is 0. The van der Waals surface area contributed by atoms with Crippen LogP contribution in [-0.2, 0) is 0 Å². The summed E-state index contributed by atoms with van der Waals surface area (Å²) < 4.78 is 5.65. The minimum absolute atomic E-state index is 0.132. The summed E-state index contributed by atoms with van der Waals surface area (Å²) in [6, 6.07) is 14.5. The molecule has 98 valence electrons. The minimum Gasteiger partial charge on any atom is -0.456 e. The van der Waals surface area contributed by atoms with Gasteiger partial charge >= 0.3 is 0 Å². The van der Waals surface area contributed by atoms with Crippen LogP contribution in [0.4, 0.5) is 10.5 Å². The molecule has 0 heterocycles. The number of carbonyl (C=O) groups excluding carboxylic acids is 1. The number of hydrogen-bond acceptors (Lipinski definition) is 3. The van der Waals surface area contributed by atoms with Gasteiger partial charge in [-0.3, -0.25) is 4.79 Å². The van der Waals surface area contributed by atoms with E-state index in [1.165, 1.54) is 0 Å². The number of halogens is 1. The van der Waals surface area contributed by atoms with Crippen LogP contribution in [0.25, 0.3) is 0 Å². The fourth-order valence-corrected chi connectivity index (χ4v) is 1.88. The average molecular weight is 294 g/mol. The van der Waals surface area contributed by atoms with Crippen LogP contribution in [0, 0.1) is 0 Å². The zero-order valence-corrected chi connectivity index (χ0v) is 11.8. The van der Waals surface area contributed by atoms with Gasteiger partial charge < -0.3 is 10.1 Å². The first-order chi connectivity index (χ1) is 9.19. The molecule has 3 nitrogen and oxygen atoms in total. The Morgan fingerprint density at radius 1 is 1.21 bits per heavy atom. The minimum atomic E-state index is -0.132. The summed E-state index contributed by atoms with van der Waals surface area (Å²) in [5.74, 6) is 1.26. The lowest BCUT2D eigenvalue weighted by Gasteiger charge is -2.09. The van der Waals surface area contributed by atoms with E-state index in [0.717, 1.165) is 11.8 Å². The summed E-state index contributed by atoms with van der Waals surface area (Å²) >= 11 is 7.23. The Morgan fingerprint density at radius 3 is 2.58 bits per heavy atom. The number of amides is 1. The molecule has 0 aliphatic carbocycles. The monoisotopic (exact) mass is 293 g/mol. The number of ether oxygens (including phenoxy) is 1. The molecule has 1 N–H and O–H groups in total. The molecule has 0 saturated heterocycles. The lowest BCUT2D eigenvalue weighted by Crippen LogP contribution is -2.03. The van der Waals surface area contributed by atoms with Crippen molar-refractivity contribution in [2.45, 2.75) is 0 Å². The van der Waals surface area contributed by atoms with Crippen LogP contribution in [0.3, 0.4) is 0 Å². The van der Waals surface area contributed by atoms with Gasteiger partial charge in [-0.05, 0) is 36.6 Å². The number of anilines is 1. The molecule has 2 aromatic rings. The molecular formula is C14H12ClNO2S. The summed E-state index contributed by atoms with van der Waals surface area (Å²) in [4.78, 5) is 11.2. The highest BCUT2D eigenvalue weighted by Crippen LogP contribution is 2.31. The lowest BCUT2D eigenvalue weighted by molar-refractivity contribution is 0.270. The standard InChI is InChI=1S/C14H12ClNO2S/c1-19-14(17)16-10-7-8-13(12(15)9-10)18-11-5-3-2-4-6-11/h2-9H,1H3,(H,16,17). The van der Waals surface area contributed by atoms with E-state index >= 15 is 0 Å². The summed E-state index contributed by atoms with van der Waals surface area (Å²) in [7, 11) is 0. The molecule has 1 amide bonds. The topological polar surface area (TPSA) is 38.3 Å². The number of nitrogens with one attached hydrogen (secondary N) is 1. The Morgan fingerprint density at radius 2 is 1.95 bits per heavy atom. The van der Waals surface area contributed by atoms with Crippen molar-refractivity contribution < 1.29 is 9.53 Å². The zero-order chi connectivity index (χ0) is 13.7. The lowest BCUT2D eigenvalue weighted by atomic mass is 10.3. The van der Waals surface area contributed by atoms with Gasteiger partial charge in [0.25, 0.3) is 5.24 Å². The van der Waals surface area contributed by atoms with Crippen LogP contribution >= 0.6 is 23.4 Å². The molecule has 0 atom stereocenters. The largest absolute Gasteiger partial charge is 0.456 e. The van der Waals surface area contributed by atoms with Gasteiger partial charge in [-0.15, -0.1) is 0 Å². The molecule has 0 spiro atoms. The van der Waals surface area contributed by atoms with E-state index in [-0.39, 0.29) is 5.24 Å². The third kappa shape index (κ3) is 3.91. The molecule has 0 aliphatic heterocycles. The maximum Gasteiger partial charge on any atom is 0.283 e. The van der Waals surface area contributed by atoms with E-state index in [2.05, 4.69) is 5.32 Å². The van der Waals surface area contributed by atoms with Crippen LogP contribution in [0.5, 0.6) is 11.5 Å². The number of para-hydroxylation sites is 1. The van der Waals surface area contributed by atoms with Crippen molar-refractivity contribution in [2.24, 2.45) is 0 Å². The third-order valence-electron chi connectivity index (χ3n) is 2.33. The van der Waals surface area contributed by atoms with Crippen molar-refractivity contribution >= 4 is 34.3 Å². The number of hydrogen-bond donors (Lipinski definition) is 1. The van der Waals surface area contributed by atoms with Crippen LogP contribution < -0.4 is 10.1 Å². The number of carbonyl (C=O) groups is 1. The highest BCUT2D eigenvalue weighted by atomic mass is 35.5. The van der Waals surface area contributed by atoms with Gasteiger partial charge in [-0.2, -0.15) is 0 Å². The highest BCUT2D eigenvalue weighted by Gasteiger charge is 2.06. The second kappa shape index (κ2) is 6.50. The summed E-state index contributed by atoms with van der Waals surface area (Å²) in [5, 5.41) is 3.02. The Bertz CT molecular complexity index is 575. The maximum atomic E-state index is 11.2. The predicted octanol–water partition coefficient (Wildman–Crippen LogP) is 5.03. The summed E-state index contributed by atoms with van der Waals surface area (Å²) in [5.41, 5.74) is 0.643. The van der Waals surface area contributed by atoms with Gasteiger partial charge in [0, 0.05) is 5.69 Å². The Hall–Kier alpha value is -1.65. The number of benzene rings is 2. The highest BCUT2D eigenvalue weighted by molar-refractivity contribution is 8.13. The van der Waals surface area contributed by atoms with E-state index in [4.69, 9.17) is 16.3 Å². The molecule has 19 heavy (non-hydrogen) atoms. The molecule has 0 radical (unpaired) electrons. The first-order valence-electron chi connectivity index (χ1n) is 5.56. The predicted molar refractivity (Wildman–Crippen MR) is 80.5 cm³/mol. The van der Waals surface area contributed by atoms with Crippen molar-refractivity contribution in [1.29, 1.82) is 0 Å². The number of thioether (sulfide) groups is 1. The molecule has 0 aliphatic rings. The molecule has 2 rings (SSSR count). The van der Waals surface area contributed by atoms with Gasteiger partial charge in [0.05, 0.1) is 5.02 Å². The van der Waals surface area contributed by atoms with E-state index in [1.807, 2.05) is 30.3 Å². The fraction of sp³-hybridized carbons (Fsp3) is 0.0714. The van der Waals surface area contributed by atoms with Crippen LogP contribution in [0.1, 0.15) is 0 Å².